The van der Waals surface area contributed by atoms with Gasteiger partial charge in [0.15, 0.2) is 6.61 Å². The summed E-state index contributed by atoms with van der Waals surface area (Å²) in [6, 6.07) is 9.59. The molecule has 5 heteroatoms. The van der Waals surface area contributed by atoms with E-state index in [-0.39, 0.29) is 24.2 Å². The van der Waals surface area contributed by atoms with Gasteiger partial charge in [0.1, 0.15) is 22.8 Å². The summed E-state index contributed by atoms with van der Waals surface area (Å²) in [6.45, 7) is 10.1. The van der Waals surface area contributed by atoms with Crippen molar-refractivity contribution in [3.63, 3.8) is 0 Å². The Bertz CT molecular complexity index is 888. The number of amides is 1. The molecule has 1 atom stereocenters. The molecule has 0 fully saturated rings. The van der Waals surface area contributed by atoms with E-state index in [0.717, 1.165) is 39.5 Å². The van der Waals surface area contributed by atoms with Crippen molar-refractivity contribution in [3.05, 3.63) is 52.6 Å². The van der Waals surface area contributed by atoms with Crippen LogP contribution >= 0.6 is 0 Å². The minimum absolute atomic E-state index is 0.0270. The SMILES string of the molecule is COc1ccc2c(c1)C(NC(=O)COc1cc(C)cc(C)c1C)CC(C)(C)O2. The maximum absolute atomic E-state index is 12.6. The summed E-state index contributed by atoms with van der Waals surface area (Å²) in [4.78, 5) is 12.6. The number of aryl methyl sites for hydroxylation is 2. The third kappa shape index (κ3) is 4.41. The lowest BCUT2D eigenvalue weighted by Gasteiger charge is -2.38. The zero-order chi connectivity index (χ0) is 20.5. The molecule has 0 spiro atoms. The summed E-state index contributed by atoms with van der Waals surface area (Å²) >= 11 is 0. The molecule has 150 valence electrons. The first-order valence-electron chi connectivity index (χ1n) is 9.55. The van der Waals surface area contributed by atoms with Crippen LogP contribution in [0.1, 0.15) is 48.6 Å². The Hall–Kier alpha value is -2.69. The highest BCUT2D eigenvalue weighted by atomic mass is 16.5. The van der Waals surface area contributed by atoms with Gasteiger partial charge < -0.3 is 19.5 Å². The lowest BCUT2D eigenvalue weighted by Crippen LogP contribution is -2.42. The van der Waals surface area contributed by atoms with Crippen molar-refractivity contribution in [1.29, 1.82) is 0 Å². The average molecular weight is 383 g/mol. The molecule has 1 heterocycles. The van der Waals surface area contributed by atoms with Gasteiger partial charge in [0.05, 0.1) is 13.2 Å². The van der Waals surface area contributed by atoms with Crippen molar-refractivity contribution < 1.29 is 19.0 Å². The van der Waals surface area contributed by atoms with E-state index in [2.05, 4.69) is 11.4 Å². The number of benzene rings is 2. The van der Waals surface area contributed by atoms with Crippen LogP contribution in [-0.2, 0) is 4.79 Å². The van der Waals surface area contributed by atoms with Gasteiger partial charge in [-0.3, -0.25) is 4.79 Å². The molecule has 1 unspecified atom stereocenters. The summed E-state index contributed by atoms with van der Waals surface area (Å²) in [6.07, 6.45) is 0.668. The number of methoxy groups -OCH3 is 1. The highest BCUT2D eigenvalue weighted by Crippen LogP contribution is 2.41. The smallest absolute Gasteiger partial charge is 0.258 e. The van der Waals surface area contributed by atoms with Crippen LogP contribution in [0, 0.1) is 20.8 Å². The van der Waals surface area contributed by atoms with Crippen molar-refractivity contribution in [2.24, 2.45) is 0 Å². The average Bonchev–Trinajstić information content (AvgIpc) is 2.62. The molecule has 3 rings (SSSR count). The first-order valence-corrected chi connectivity index (χ1v) is 9.55. The van der Waals surface area contributed by atoms with Crippen molar-refractivity contribution >= 4 is 5.91 Å². The highest BCUT2D eigenvalue weighted by Gasteiger charge is 2.34. The first-order chi connectivity index (χ1) is 13.2. The van der Waals surface area contributed by atoms with Crippen molar-refractivity contribution in [2.45, 2.75) is 52.7 Å². The molecule has 2 aromatic rings. The van der Waals surface area contributed by atoms with Crippen molar-refractivity contribution in [3.8, 4) is 17.2 Å². The second-order valence-electron chi connectivity index (χ2n) is 8.08. The van der Waals surface area contributed by atoms with E-state index >= 15 is 0 Å². The quantitative estimate of drug-likeness (QED) is 0.830. The van der Waals surface area contributed by atoms with Crippen LogP contribution in [0.3, 0.4) is 0 Å². The number of nitrogens with one attached hydrogen (secondary N) is 1. The lowest BCUT2D eigenvalue weighted by molar-refractivity contribution is -0.124. The number of hydrogen-bond donors (Lipinski definition) is 1. The normalized spacial score (nSPS) is 17.3. The molecule has 1 N–H and O–H groups in total. The molecule has 0 radical (unpaired) electrons. The van der Waals surface area contributed by atoms with Gasteiger partial charge in [-0.15, -0.1) is 0 Å². The number of hydrogen-bond acceptors (Lipinski definition) is 4. The van der Waals surface area contributed by atoms with Gasteiger partial charge in [0.2, 0.25) is 0 Å². The maximum atomic E-state index is 12.6. The predicted octanol–water partition coefficient (Wildman–Crippen LogP) is 4.42. The summed E-state index contributed by atoms with van der Waals surface area (Å²) in [5.41, 5.74) is 3.88. The molecule has 28 heavy (non-hydrogen) atoms. The van der Waals surface area contributed by atoms with Gasteiger partial charge in [-0.1, -0.05) is 6.07 Å². The number of rotatable bonds is 5. The lowest BCUT2D eigenvalue weighted by atomic mass is 9.89. The number of carbonyl (C=O) groups is 1. The van der Waals surface area contributed by atoms with E-state index in [1.165, 1.54) is 0 Å². The van der Waals surface area contributed by atoms with Crippen LogP contribution in [0.2, 0.25) is 0 Å². The van der Waals surface area contributed by atoms with Gasteiger partial charge in [-0.05, 0) is 75.6 Å². The molecular formula is C23H29NO4. The van der Waals surface area contributed by atoms with E-state index in [4.69, 9.17) is 14.2 Å². The van der Waals surface area contributed by atoms with Gasteiger partial charge in [-0.25, -0.2) is 0 Å². The molecule has 1 aliphatic rings. The van der Waals surface area contributed by atoms with Crippen molar-refractivity contribution in [2.75, 3.05) is 13.7 Å². The van der Waals surface area contributed by atoms with Crippen LogP contribution in [0.15, 0.2) is 30.3 Å². The fourth-order valence-corrected chi connectivity index (χ4v) is 3.62. The molecule has 0 aromatic heterocycles. The summed E-state index contributed by atoms with van der Waals surface area (Å²) in [5.74, 6) is 2.11. The minimum atomic E-state index is -0.370. The topological polar surface area (TPSA) is 56.8 Å². The largest absolute Gasteiger partial charge is 0.497 e. The molecule has 1 amide bonds. The van der Waals surface area contributed by atoms with E-state index in [1.54, 1.807) is 7.11 Å². The standard InChI is InChI=1S/C23H29NO4/c1-14-9-15(2)16(3)21(10-14)27-13-22(25)24-19-12-23(4,5)28-20-8-7-17(26-6)11-18(19)20/h7-11,19H,12-13H2,1-6H3,(H,24,25). The van der Waals surface area contributed by atoms with Crippen LogP contribution in [0.25, 0.3) is 0 Å². The van der Waals surface area contributed by atoms with E-state index in [0.29, 0.717) is 6.42 Å². The van der Waals surface area contributed by atoms with E-state index in [9.17, 15) is 4.79 Å². The third-order valence-corrected chi connectivity index (χ3v) is 5.13. The Labute approximate surface area is 167 Å². The van der Waals surface area contributed by atoms with Gasteiger partial charge in [0.25, 0.3) is 5.91 Å². The van der Waals surface area contributed by atoms with Gasteiger partial charge >= 0.3 is 0 Å². The molecule has 0 saturated carbocycles. The first kappa shape index (κ1) is 20.1. The molecule has 0 saturated heterocycles. The fourth-order valence-electron chi connectivity index (χ4n) is 3.62. The molecular weight excluding hydrogens is 354 g/mol. The van der Waals surface area contributed by atoms with E-state index in [1.807, 2.05) is 58.9 Å². The highest BCUT2D eigenvalue weighted by molar-refractivity contribution is 5.78. The monoisotopic (exact) mass is 383 g/mol. The Morgan fingerprint density at radius 2 is 1.96 bits per heavy atom. The van der Waals surface area contributed by atoms with Crippen LogP contribution < -0.4 is 19.5 Å². The van der Waals surface area contributed by atoms with Crippen molar-refractivity contribution in [1.82, 2.24) is 5.32 Å². The Morgan fingerprint density at radius 3 is 2.68 bits per heavy atom. The summed E-state index contributed by atoms with van der Waals surface area (Å²) in [7, 11) is 1.63. The molecule has 0 aliphatic carbocycles. The van der Waals surface area contributed by atoms with Crippen LogP contribution in [-0.4, -0.2) is 25.2 Å². The molecule has 5 nitrogen and oxygen atoms in total. The maximum Gasteiger partial charge on any atom is 0.258 e. The predicted molar refractivity (Wildman–Crippen MR) is 109 cm³/mol. The Balaban J connectivity index is 1.73. The third-order valence-electron chi connectivity index (χ3n) is 5.13. The molecule has 0 bridgehead atoms. The van der Waals surface area contributed by atoms with Gasteiger partial charge in [-0.2, -0.15) is 0 Å². The number of carbonyl (C=O) groups excluding carboxylic acids is 1. The molecule has 1 aliphatic heterocycles. The number of fused-ring (bicyclic) bond motifs is 1. The molecule has 2 aromatic carbocycles. The summed E-state index contributed by atoms with van der Waals surface area (Å²) < 4.78 is 17.2. The Kier molecular flexibility index (Phi) is 5.54. The zero-order valence-electron chi connectivity index (χ0n) is 17.5. The number of ether oxygens (including phenoxy) is 3. The second-order valence-corrected chi connectivity index (χ2v) is 8.08. The van der Waals surface area contributed by atoms with E-state index < -0.39 is 0 Å². The van der Waals surface area contributed by atoms with Crippen LogP contribution in [0.4, 0.5) is 0 Å². The van der Waals surface area contributed by atoms with Crippen LogP contribution in [0.5, 0.6) is 17.2 Å². The second kappa shape index (κ2) is 7.74. The van der Waals surface area contributed by atoms with Gasteiger partial charge in [0, 0.05) is 12.0 Å². The fraction of sp³-hybridized carbons (Fsp3) is 0.435. The zero-order valence-corrected chi connectivity index (χ0v) is 17.5. The summed E-state index contributed by atoms with van der Waals surface area (Å²) in [5, 5.41) is 3.10. The Morgan fingerprint density at radius 1 is 1.21 bits per heavy atom. The minimum Gasteiger partial charge on any atom is -0.497 e.